The minimum absolute atomic E-state index is 0.0745. The molecule has 1 amide bonds. The fraction of sp³-hybridized carbons (Fsp3) is 0.158. The number of amides is 1. The topological polar surface area (TPSA) is 71.3 Å². The number of nitriles is 1. The molecule has 2 aromatic rings. The first-order valence-corrected chi connectivity index (χ1v) is 8.52. The Bertz CT molecular complexity index is 900. The zero-order valence-corrected chi connectivity index (χ0v) is 15.1. The van der Waals surface area contributed by atoms with Crippen molar-refractivity contribution in [3.63, 3.8) is 0 Å². The molecule has 5 nitrogen and oxygen atoms in total. The van der Waals surface area contributed by atoms with Gasteiger partial charge in [-0.3, -0.25) is 4.79 Å². The highest BCUT2D eigenvalue weighted by atomic mass is 79.9. The maximum Gasteiger partial charge on any atom is 0.256 e. The molecule has 0 saturated carbocycles. The van der Waals surface area contributed by atoms with Crippen LogP contribution in [0.25, 0.3) is 11.6 Å². The smallest absolute Gasteiger partial charge is 0.256 e. The van der Waals surface area contributed by atoms with Crippen LogP contribution in [0, 0.1) is 11.3 Å². The van der Waals surface area contributed by atoms with E-state index < -0.39 is 0 Å². The second-order valence-electron chi connectivity index (χ2n) is 5.27. The number of ether oxygens (including phenoxy) is 2. The Kier molecular flexibility index (Phi) is 5.05. The van der Waals surface area contributed by atoms with Crippen molar-refractivity contribution in [3.8, 4) is 17.6 Å². The van der Waals surface area contributed by atoms with E-state index in [-0.39, 0.29) is 12.5 Å². The number of hydrogen-bond donors (Lipinski definition) is 1. The summed E-state index contributed by atoms with van der Waals surface area (Å²) in [6.45, 7) is 2.25. The molecule has 25 heavy (non-hydrogen) atoms. The molecule has 126 valence electrons. The zero-order chi connectivity index (χ0) is 17.8. The summed E-state index contributed by atoms with van der Waals surface area (Å²) in [5.41, 5.74) is 3.06. The van der Waals surface area contributed by atoms with Crippen molar-refractivity contribution < 1.29 is 14.3 Å². The molecule has 2 aromatic carbocycles. The predicted octanol–water partition coefficient (Wildman–Crippen LogP) is 4.24. The van der Waals surface area contributed by atoms with E-state index in [1.807, 2.05) is 49.4 Å². The summed E-state index contributed by atoms with van der Waals surface area (Å²) in [6, 6.07) is 13.1. The molecular weight excluding hydrogens is 384 g/mol. The first-order chi connectivity index (χ1) is 12.1. The third kappa shape index (κ3) is 3.52. The number of carbonyl (C=O) groups is 1. The molecule has 6 heteroatoms. The first kappa shape index (κ1) is 17.1. The van der Waals surface area contributed by atoms with Crippen molar-refractivity contribution in [2.45, 2.75) is 6.92 Å². The van der Waals surface area contributed by atoms with Gasteiger partial charge in [0.2, 0.25) is 0 Å². The van der Waals surface area contributed by atoms with Crippen LogP contribution >= 0.6 is 15.9 Å². The Morgan fingerprint density at radius 3 is 2.84 bits per heavy atom. The van der Waals surface area contributed by atoms with Crippen LogP contribution < -0.4 is 14.8 Å². The lowest BCUT2D eigenvalue weighted by atomic mass is 10.0. The molecule has 1 aliphatic rings. The minimum Gasteiger partial charge on any atom is -0.490 e. The molecule has 0 aromatic heterocycles. The molecule has 0 saturated heterocycles. The SMILES string of the molecule is CCOc1cc(C=C2C(=O)Nc3ccccc32)cc(Br)c1OCC#N. The number of fused-ring (bicyclic) bond motifs is 1. The summed E-state index contributed by atoms with van der Waals surface area (Å²) < 4.78 is 11.7. The van der Waals surface area contributed by atoms with E-state index in [0.717, 1.165) is 16.8 Å². The van der Waals surface area contributed by atoms with Gasteiger partial charge in [-0.05, 0) is 52.7 Å². The highest BCUT2D eigenvalue weighted by Gasteiger charge is 2.23. The number of nitrogens with zero attached hydrogens (tertiary/aromatic N) is 1. The summed E-state index contributed by atoms with van der Waals surface area (Å²) in [7, 11) is 0. The predicted molar refractivity (Wildman–Crippen MR) is 99.4 cm³/mol. The third-order valence-corrected chi connectivity index (χ3v) is 4.22. The van der Waals surface area contributed by atoms with Crippen LogP contribution in [0.1, 0.15) is 18.1 Å². The van der Waals surface area contributed by atoms with Crippen LogP contribution in [0.15, 0.2) is 40.9 Å². The van der Waals surface area contributed by atoms with Crippen LogP contribution in [0.4, 0.5) is 5.69 Å². The molecule has 0 unspecified atom stereocenters. The fourth-order valence-corrected chi connectivity index (χ4v) is 3.20. The van der Waals surface area contributed by atoms with Crippen LogP contribution in [0.3, 0.4) is 0 Å². The van der Waals surface area contributed by atoms with Crippen LogP contribution in [-0.2, 0) is 4.79 Å². The number of rotatable bonds is 5. The second-order valence-corrected chi connectivity index (χ2v) is 6.12. The maximum atomic E-state index is 12.3. The summed E-state index contributed by atoms with van der Waals surface area (Å²) in [5.74, 6) is 0.854. The van der Waals surface area contributed by atoms with Gasteiger partial charge in [0.25, 0.3) is 5.91 Å². The number of halogens is 1. The van der Waals surface area contributed by atoms with E-state index in [4.69, 9.17) is 14.7 Å². The van der Waals surface area contributed by atoms with Gasteiger partial charge in [0.05, 0.1) is 11.1 Å². The molecule has 0 radical (unpaired) electrons. The van der Waals surface area contributed by atoms with Crippen molar-refractivity contribution in [3.05, 3.63) is 52.0 Å². The molecule has 3 rings (SSSR count). The molecule has 0 bridgehead atoms. The number of anilines is 1. The first-order valence-electron chi connectivity index (χ1n) is 7.72. The lowest BCUT2D eigenvalue weighted by Gasteiger charge is -2.13. The van der Waals surface area contributed by atoms with Gasteiger partial charge in [-0.2, -0.15) is 5.26 Å². The Morgan fingerprint density at radius 2 is 2.08 bits per heavy atom. The molecule has 1 N–H and O–H groups in total. The molecule has 0 fully saturated rings. The Morgan fingerprint density at radius 1 is 1.28 bits per heavy atom. The molecule has 0 spiro atoms. The molecule has 0 atom stereocenters. The molecule has 1 heterocycles. The Hall–Kier alpha value is -2.78. The van der Waals surface area contributed by atoms with E-state index in [0.29, 0.717) is 28.2 Å². The van der Waals surface area contributed by atoms with Gasteiger partial charge < -0.3 is 14.8 Å². The van der Waals surface area contributed by atoms with Crippen molar-refractivity contribution in [1.29, 1.82) is 5.26 Å². The number of carbonyl (C=O) groups excluding carboxylic acids is 1. The number of hydrogen-bond acceptors (Lipinski definition) is 4. The third-order valence-electron chi connectivity index (χ3n) is 3.63. The van der Waals surface area contributed by atoms with Crippen LogP contribution in [0.2, 0.25) is 0 Å². The number of nitrogens with one attached hydrogen (secondary N) is 1. The van der Waals surface area contributed by atoms with Crippen molar-refractivity contribution in [2.24, 2.45) is 0 Å². The monoisotopic (exact) mass is 398 g/mol. The molecule has 1 aliphatic heterocycles. The normalized spacial score (nSPS) is 14.0. The lowest BCUT2D eigenvalue weighted by molar-refractivity contribution is -0.110. The largest absolute Gasteiger partial charge is 0.490 e. The lowest BCUT2D eigenvalue weighted by Crippen LogP contribution is -2.04. The quantitative estimate of drug-likeness (QED) is 0.764. The average molecular weight is 399 g/mol. The minimum atomic E-state index is -0.139. The van der Waals surface area contributed by atoms with Crippen LogP contribution in [-0.4, -0.2) is 19.1 Å². The van der Waals surface area contributed by atoms with Gasteiger partial charge in [-0.15, -0.1) is 0 Å². The number of para-hydroxylation sites is 1. The van der Waals surface area contributed by atoms with Gasteiger partial charge in [-0.25, -0.2) is 0 Å². The summed E-state index contributed by atoms with van der Waals surface area (Å²) >= 11 is 3.45. The molecule has 0 aliphatic carbocycles. The Labute approximate surface area is 154 Å². The van der Waals surface area contributed by atoms with Gasteiger partial charge in [-0.1, -0.05) is 18.2 Å². The van der Waals surface area contributed by atoms with E-state index in [1.165, 1.54) is 0 Å². The van der Waals surface area contributed by atoms with Gasteiger partial charge in [0, 0.05) is 16.8 Å². The van der Waals surface area contributed by atoms with Gasteiger partial charge in [0.1, 0.15) is 6.07 Å². The van der Waals surface area contributed by atoms with Crippen molar-refractivity contribution in [1.82, 2.24) is 0 Å². The fourth-order valence-electron chi connectivity index (χ4n) is 2.63. The van der Waals surface area contributed by atoms with Gasteiger partial charge in [0.15, 0.2) is 18.1 Å². The van der Waals surface area contributed by atoms with E-state index >= 15 is 0 Å². The Balaban J connectivity index is 2.04. The summed E-state index contributed by atoms with van der Waals surface area (Å²) in [4.78, 5) is 12.3. The van der Waals surface area contributed by atoms with Gasteiger partial charge >= 0.3 is 0 Å². The zero-order valence-electron chi connectivity index (χ0n) is 13.5. The van der Waals surface area contributed by atoms with Crippen molar-refractivity contribution >= 4 is 39.2 Å². The van der Waals surface area contributed by atoms with Crippen molar-refractivity contribution in [2.75, 3.05) is 18.5 Å². The highest BCUT2D eigenvalue weighted by molar-refractivity contribution is 9.10. The highest BCUT2D eigenvalue weighted by Crippen LogP contribution is 2.39. The van der Waals surface area contributed by atoms with E-state index in [2.05, 4.69) is 21.2 Å². The average Bonchev–Trinajstić information content (AvgIpc) is 2.90. The standard InChI is InChI=1S/C19H15BrN2O3/c1-2-24-17-11-12(10-15(20)18(17)25-8-7-21)9-14-13-5-3-4-6-16(13)22-19(14)23/h3-6,9-11H,2,8H2,1H3,(H,22,23). The second kappa shape index (κ2) is 7.41. The maximum absolute atomic E-state index is 12.3. The summed E-state index contributed by atoms with van der Waals surface area (Å²) in [5, 5.41) is 11.6. The van der Waals surface area contributed by atoms with E-state index in [1.54, 1.807) is 6.07 Å². The number of benzene rings is 2. The van der Waals surface area contributed by atoms with Crippen LogP contribution in [0.5, 0.6) is 11.5 Å². The summed E-state index contributed by atoms with van der Waals surface area (Å²) in [6.07, 6.45) is 1.81. The van der Waals surface area contributed by atoms with E-state index in [9.17, 15) is 4.79 Å². The molecular formula is C19H15BrN2O3.